The number of rotatable bonds is 4. The molecular weight excluding hydrogens is 334 g/mol. The van der Waals surface area contributed by atoms with E-state index in [-0.39, 0.29) is 5.91 Å². The number of nitrogens with one attached hydrogen (secondary N) is 1. The molecule has 0 radical (unpaired) electrons. The Bertz CT molecular complexity index is 995. The lowest BCUT2D eigenvalue weighted by molar-refractivity contribution is 0.102. The molecule has 7 heteroatoms. The molecule has 3 aromatic heterocycles. The molecule has 0 aliphatic rings. The summed E-state index contributed by atoms with van der Waals surface area (Å²) in [6.07, 6.45) is 3.44. The van der Waals surface area contributed by atoms with Crippen molar-refractivity contribution in [2.45, 2.75) is 0 Å². The average Bonchev–Trinajstić information content (AvgIpc) is 3.34. The Hall–Kier alpha value is -3.32. The summed E-state index contributed by atoms with van der Waals surface area (Å²) in [5.41, 5.74) is 3.74. The number of aromatic nitrogens is 4. The molecule has 0 aliphatic heterocycles. The van der Waals surface area contributed by atoms with Gasteiger partial charge in [0.25, 0.3) is 5.91 Å². The van der Waals surface area contributed by atoms with Crippen LogP contribution in [0.3, 0.4) is 0 Å². The molecule has 122 valence electrons. The first-order valence-corrected chi connectivity index (χ1v) is 8.46. The molecule has 0 atom stereocenters. The molecule has 3 heterocycles. The third-order valence-corrected chi connectivity index (χ3v) is 4.29. The molecule has 4 rings (SSSR count). The van der Waals surface area contributed by atoms with E-state index < -0.39 is 0 Å². The number of pyridine rings is 1. The quantitative estimate of drug-likeness (QED) is 0.612. The first-order valence-electron chi connectivity index (χ1n) is 7.58. The Morgan fingerprint density at radius 1 is 1.04 bits per heavy atom. The summed E-state index contributed by atoms with van der Waals surface area (Å²) in [6.45, 7) is 0. The number of nitrogens with zero attached hydrogens (tertiary/aromatic N) is 4. The van der Waals surface area contributed by atoms with Crippen molar-refractivity contribution in [3.05, 3.63) is 78.2 Å². The van der Waals surface area contributed by atoms with Gasteiger partial charge in [-0.15, -0.1) is 11.3 Å². The fourth-order valence-corrected chi connectivity index (χ4v) is 3.08. The summed E-state index contributed by atoms with van der Waals surface area (Å²) in [7, 11) is 0. The van der Waals surface area contributed by atoms with Gasteiger partial charge in [-0.25, -0.2) is 14.6 Å². The van der Waals surface area contributed by atoms with E-state index in [9.17, 15) is 4.79 Å². The van der Waals surface area contributed by atoms with Gasteiger partial charge in [0, 0.05) is 18.0 Å². The summed E-state index contributed by atoms with van der Waals surface area (Å²) in [4.78, 5) is 21.3. The summed E-state index contributed by atoms with van der Waals surface area (Å²) < 4.78 is 1.61. The number of hydrogen-bond acceptors (Lipinski definition) is 5. The molecule has 0 spiro atoms. The van der Waals surface area contributed by atoms with E-state index in [4.69, 9.17) is 0 Å². The van der Waals surface area contributed by atoms with Crippen molar-refractivity contribution in [2.24, 2.45) is 0 Å². The summed E-state index contributed by atoms with van der Waals surface area (Å²) in [6, 6.07) is 16.8. The van der Waals surface area contributed by atoms with Crippen molar-refractivity contribution in [3.8, 4) is 17.1 Å². The zero-order valence-electron chi connectivity index (χ0n) is 13.0. The van der Waals surface area contributed by atoms with Crippen molar-refractivity contribution in [1.29, 1.82) is 0 Å². The van der Waals surface area contributed by atoms with Gasteiger partial charge < -0.3 is 5.32 Å². The van der Waals surface area contributed by atoms with E-state index >= 15 is 0 Å². The highest BCUT2D eigenvalue weighted by Crippen LogP contribution is 2.30. The molecule has 0 unspecified atom stereocenters. The minimum Gasteiger partial charge on any atom is -0.310 e. The zero-order chi connectivity index (χ0) is 17.1. The summed E-state index contributed by atoms with van der Waals surface area (Å²) in [5, 5.41) is 7.73. The van der Waals surface area contributed by atoms with Crippen LogP contribution in [0.15, 0.2) is 72.5 Å². The molecule has 0 fully saturated rings. The van der Waals surface area contributed by atoms with Gasteiger partial charge in [-0.1, -0.05) is 36.4 Å². The van der Waals surface area contributed by atoms with E-state index in [2.05, 4.69) is 20.4 Å². The van der Waals surface area contributed by atoms with E-state index in [0.29, 0.717) is 16.5 Å². The highest BCUT2D eigenvalue weighted by atomic mass is 32.1. The van der Waals surface area contributed by atoms with Crippen molar-refractivity contribution in [3.63, 3.8) is 0 Å². The lowest BCUT2D eigenvalue weighted by Crippen LogP contribution is -2.14. The maximum absolute atomic E-state index is 12.6. The topological polar surface area (TPSA) is 72.7 Å². The Morgan fingerprint density at radius 3 is 2.72 bits per heavy atom. The molecule has 0 saturated carbocycles. The van der Waals surface area contributed by atoms with E-state index in [1.54, 1.807) is 46.9 Å². The minimum absolute atomic E-state index is 0.282. The van der Waals surface area contributed by atoms with Crippen LogP contribution in [0.1, 0.15) is 10.5 Å². The maximum atomic E-state index is 12.6. The second kappa shape index (κ2) is 6.66. The SMILES string of the molecule is O=C(Nc1scnc1-c1ccccc1)c1cccc(-n2cccn2)n1. The van der Waals surface area contributed by atoms with Crippen LogP contribution in [-0.2, 0) is 0 Å². The van der Waals surface area contributed by atoms with Gasteiger partial charge in [-0.3, -0.25) is 4.79 Å². The van der Waals surface area contributed by atoms with E-state index in [0.717, 1.165) is 11.3 Å². The molecule has 4 aromatic rings. The Morgan fingerprint density at radius 2 is 1.92 bits per heavy atom. The Labute approximate surface area is 147 Å². The van der Waals surface area contributed by atoms with Gasteiger partial charge in [0.15, 0.2) is 5.82 Å². The second-order valence-corrected chi connectivity index (χ2v) is 6.04. The number of thiazole rings is 1. The summed E-state index contributed by atoms with van der Waals surface area (Å²) >= 11 is 1.38. The third-order valence-electron chi connectivity index (χ3n) is 3.55. The number of carbonyl (C=O) groups is 1. The van der Waals surface area contributed by atoms with Crippen LogP contribution in [0, 0.1) is 0 Å². The fourth-order valence-electron chi connectivity index (χ4n) is 2.39. The number of anilines is 1. The lowest BCUT2D eigenvalue weighted by atomic mass is 10.2. The molecule has 6 nitrogen and oxygen atoms in total. The predicted octanol–water partition coefficient (Wildman–Crippen LogP) is 3.64. The minimum atomic E-state index is -0.282. The molecule has 0 aliphatic carbocycles. The fraction of sp³-hybridized carbons (Fsp3) is 0. The Kier molecular flexibility index (Phi) is 4.05. The molecule has 0 bridgehead atoms. The predicted molar refractivity (Wildman–Crippen MR) is 96.9 cm³/mol. The van der Waals surface area contributed by atoms with Crippen LogP contribution >= 0.6 is 11.3 Å². The lowest BCUT2D eigenvalue weighted by Gasteiger charge is -2.06. The Balaban J connectivity index is 1.60. The maximum Gasteiger partial charge on any atom is 0.275 e. The standard InChI is InChI=1S/C18H13N5OS/c24-17(14-8-4-9-15(21-14)23-11-5-10-20-23)22-18-16(19-12-25-18)13-6-2-1-3-7-13/h1-12H,(H,22,24). The normalized spacial score (nSPS) is 10.6. The van der Waals surface area contributed by atoms with Crippen LogP contribution in [-0.4, -0.2) is 25.7 Å². The van der Waals surface area contributed by atoms with Crippen molar-refractivity contribution in [2.75, 3.05) is 5.32 Å². The van der Waals surface area contributed by atoms with Gasteiger partial charge in [-0.2, -0.15) is 5.10 Å². The first-order chi connectivity index (χ1) is 12.3. The van der Waals surface area contributed by atoms with Gasteiger partial charge in [0.1, 0.15) is 16.4 Å². The molecule has 1 amide bonds. The van der Waals surface area contributed by atoms with Crippen LogP contribution in [0.5, 0.6) is 0 Å². The molecule has 25 heavy (non-hydrogen) atoms. The molecule has 0 saturated heterocycles. The average molecular weight is 347 g/mol. The van der Waals surface area contributed by atoms with Gasteiger partial charge in [-0.05, 0) is 18.2 Å². The smallest absolute Gasteiger partial charge is 0.275 e. The van der Waals surface area contributed by atoms with Crippen LogP contribution < -0.4 is 5.32 Å². The van der Waals surface area contributed by atoms with E-state index in [1.807, 2.05) is 30.3 Å². The summed E-state index contributed by atoms with van der Waals surface area (Å²) in [5.74, 6) is 0.306. The van der Waals surface area contributed by atoms with Gasteiger partial charge in [0.05, 0.1) is 5.51 Å². The van der Waals surface area contributed by atoms with Crippen molar-refractivity contribution >= 4 is 22.2 Å². The van der Waals surface area contributed by atoms with E-state index in [1.165, 1.54) is 11.3 Å². The number of benzene rings is 1. The van der Waals surface area contributed by atoms with Crippen LogP contribution in [0.25, 0.3) is 17.1 Å². The zero-order valence-corrected chi connectivity index (χ0v) is 13.9. The van der Waals surface area contributed by atoms with Gasteiger partial charge >= 0.3 is 0 Å². The molecule has 1 N–H and O–H groups in total. The van der Waals surface area contributed by atoms with Crippen LogP contribution in [0.2, 0.25) is 0 Å². The number of hydrogen-bond donors (Lipinski definition) is 1. The largest absolute Gasteiger partial charge is 0.310 e. The first kappa shape index (κ1) is 15.2. The van der Waals surface area contributed by atoms with Crippen LogP contribution in [0.4, 0.5) is 5.00 Å². The third kappa shape index (κ3) is 3.17. The number of amides is 1. The van der Waals surface area contributed by atoms with Crippen molar-refractivity contribution in [1.82, 2.24) is 19.7 Å². The molecule has 1 aromatic carbocycles. The van der Waals surface area contributed by atoms with Crippen molar-refractivity contribution < 1.29 is 4.79 Å². The monoisotopic (exact) mass is 347 g/mol. The van der Waals surface area contributed by atoms with Gasteiger partial charge in [0.2, 0.25) is 0 Å². The number of carbonyl (C=O) groups excluding carboxylic acids is 1. The molecular formula is C18H13N5OS. The second-order valence-electron chi connectivity index (χ2n) is 5.18. The highest BCUT2D eigenvalue weighted by Gasteiger charge is 2.14. The highest BCUT2D eigenvalue weighted by molar-refractivity contribution is 7.14.